The molecule has 2 nitrogen and oxygen atoms in total. The molecule has 0 bridgehead atoms. The van der Waals surface area contributed by atoms with E-state index in [2.05, 4.69) is 26.0 Å². The molecule has 21 heavy (non-hydrogen) atoms. The van der Waals surface area contributed by atoms with E-state index >= 15 is 0 Å². The van der Waals surface area contributed by atoms with Crippen LogP contribution in [0.4, 0.5) is 0 Å². The third-order valence-corrected chi connectivity index (χ3v) is 8.12. The zero-order valence-corrected chi connectivity index (χ0v) is 13.5. The fraction of sp³-hybridized carbons (Fsp3) is 0.895. The molecular formula is C19H30O2. The molecule has 0 heterocycles. The maximum Gasteiger partial charge on any atom is 0.0961 e. The Morgan fingerprint density at radius 1 is 1.05 bits per heavy atom. The molecular weight excluding hydrogens is 260 g/mol. The van der Waals surface area contributed by atoms with Crippen LogP contribution in [0.5, 0.6) is 0 Å². The van der Waals surface area contributed by atoms with E-state index in [4.69, 9.17) is 0 Å². The molecule has 0 aromatic carbocycles. The van der Waals surface area contributed by atoms with Crippen molar-refractivity contribution in [3.63, 3.8) is 0 Å². The van der Waals surface area contributed by atoms with E-state index in [0.717, 1.165) is 25.7 Å². The summed E-state index contributed by atoms with van der Waals surface area (Å²) in [4.78, 5) is 0. The number of hydrogen-bond donors (Lipinski definition) is 2. The maximum absolute atomic E-state index is 11.3. The molecule has 0 radical (unpaired) electrons. The van der Waals surface area contributed by atoms with E-state index in [1.807, 2.05) is 0 Å². The summed E-state index contributed by atoms with van der Waals surface area (Å²) < 4.78 is 0. The molecule has 0 aliphatic heterocycles. The predicted octanol–water partition coefficient (Wildman–Crippen LogP) is 3.67. The standard InChI is InChI=1S/C19H30O2/c1-17-8-5-6-14(17)13-12-16(20)19(21)10-4-3-9-18(19,2)15(13)7-11-17/h5,8,13-16,20-21H,3-4,6-7,9-12H2,1-2H3/t13-,14-,15-,16?,17-,18+,19?/m0/s1. The molecule has 4 aliphatic carbocycles. The summed E-state index contributed by atoms with van der Waals surface area (Å²) in [6.07, 6.45) is 13.0. The Morgan fingerprint density at radius 2 is 1.81 bits per heavy atom. The van der Waals surface area contributed by atoms with E-state index in [1.54, 1.807) is 0 Å². The molecule has 0 aromatic rings. The van der Waals surface area contributed by atoms with Gasteiger partial charge in [0.05, 0.1) is 11.7 Å². The van der Waals surface area contributed by atoms with Crippen LogP contribution in [0.2, 0.25) is 0 Å². The van der Waals surface area contributed by atoms with Gasteiger partial charge in [-0.3, -0.25) is 0 Å². The number of allylic oxidation sites excluding steroid dienone is 2. The van der Waals surface area contributed by atoms with Crippen molar-refractivity contribution in [3.05, 3.63) is 12.2 Å². The smallest absolute Gasteiger partial charge is 0.0961 e. The van der Waals surface area contributed by atoms with Gasteiger partial charge < -0.3 is 10.2 Å². The Balaban J connectivity index is 1.73. The maximum atomic E-state index is 11.3. The Bertz CT molecular complexity index is 472. The Morgan fingerprint density at radius 3 is 2.62 bits per heavy atom. The first kappa shape index (κ1) is 14.3. The molecule has 0 amide bonds. The summed E-state index contributed by atoms with van der Waals surface area (Å²) in [7, 11) is 0. The van der Waals surface area contributed by atoms with Gasteiger partial charge in [0.25, 0.3) is 0 Å². The first-order valence-corrected chi connectivity index (χ1v) is 8.99. The van der Waals surface area contributed by atoms with Crippen molar-refractivity contribution in [1.82, 2.24) is 0 Å². The number of fused-ring (bicyclic) bond motifs is 5. The average molecular weight is 290 g/mol. The fourth-order valence-electron chi connectivity index (χ4n) is 6.79. The average Bonchev–Trinajstić information content (AvgIpc) is 2.83. The van der Waals surface area contributed by atoms with Crippen molar-refractivity contribution >= 4 is 0 Å². The van der Waals surface area contributed by atoms with Crippen LogP contribution in [0.3, 0.4) is 0 Å². The Kier molecular flexibility index (Phi) is 2.96. The Hall–Kier alpha value is -0.340. The van der Waals surface area contributed by atoms with Crippen molar-refractivity contribution in [2.75, 3.05) is 0 Å². The van der Waals surface area contributed by atoms with E-state index in [-0.39, 0.29) is 5.41 Å². The van der Waals surface area contributed by atoms with Crippen LogP contribution in [-0.2, 0) is 0 Å². The number of aliphatic hydroxyl groups excluding tert-OH is 1. The molecule has 2 heteroatoms. The molecule has 4 aliphatic rings. The zero-order valence-electron chi connectivity index (χ0n) is 13.5. The molecule has 0 aromatic heterocycles. The second-order valence-electron chi connectivity index (χ2n) is 8.86. The minimum absolute atomic E-state index is 0.0719. The highest BCUT2D eigenvalue weighted by atomic mass is 16.3. The number of aliphatic hydroxyl groups is 2. The van der Waals surface area contributed by atoms with Crippen molar-refractivity contribution < 1.29 is 10.2 Å². The summed E-state index contributed by atoms with van der Waals surface area (Å²) in [5, 5.41) is 22.1. The Labute approximate surface area is 128 Å². The quantitative estimate of drug-likeness (QED) is 0.668. The molecule has 2 N–H and O–H groups in total. The normalized spacial score (nSPS) is 59.2. The summed E-state index contributed by atoms with van der Waals surface area (Å²) in [6.45, 7) is 4.70. The van der Waals surface area contributed by atoms with Gasteiger partial charge in [0.1, 0.15) is 0 Å². The van der Waals surface area contributed by atoms with Crippen LogP contribution in [0.25, 0.3) is 0 Å². The summed E-state index contributed by atoms with van der Waals surface area (Å²) in [6, 6.07) is 0. The van der Waals surface area contributed by atoms with Gasteiger partial charge in [0.15, 0.2) is 0 Å². The van der Waals surface area contributed by atoms with Crippen LogP contribution in [0.1, 0.15) is 65.2 Å². The lowest BCUT2D eigenvalue weighted by atomic mass is 9.43. The first-order chi connectivity index (χ1) is 9.91. The lowest BCUT2D eigenvalue weighted by molar-refractivity contribution is -0.250. The second kappa shape index (κ2) is 4.35. The van der Waals surface area contributed by atoms with Gasteiger partial charge in [-0.2, -0.15) is 0 Å². The van der Waals surface area contributed by atoms with Crippen molar-refractivity contribution in [2.45, 2.75) is 76.9 Å². The van der Waals surface area contributed by atoms with Gasteiger partial charge in [0, 0.05) is 5.41 Å². The SMILES string of the molecule is C[C@@]12C=CC[C@H]1[C@@H]1CC(O)C3(O)CCCC[C@]3(C)[C@H]1CC2. The minimum atomic E-state index is -0.827. The highest BCUT2D eigenvalue weighted by molar-refractivity contribution is 5.19. The van der Waals surface area contributed by atoms with E-state index in [0.29, 0.717) is 23.2 Å². The molecule has 0 saturated heterocycles. The topological polar surface area (TPSA) is 40.5 Å². The minimum Gasteiger partial charge on any atom is -0.390 e. The second-order valence-corrected chi connectivity index (χ2v) is 8.86. The van der Waals surface area contributed by atoms with Crippen LogP contribution in [-0.4, -0.2) is 21.9 Å². The van der Waals surface area contributed by atoms with Crippen molar-refractivity contribution in [1.29, 1.82) is 0 Å². The van der Waals surface area contributed by atoms with Crippen molar-refractivity contribution in [2.24, 2.45) is 28.6 Å². The van der Waals surface area contributed by atoms with Gasteiger partial charge in [-0.25, -0.2) is 0 Å². The lowest BCUT2D eigenvalue weighted by Gasteiger charge is -2.64. The molecule has 3 saturated carbocycles. The van der Waals surface area contributed by atoms with Gasteiger partial charge in [-0.05, 0) is 61.7 Å². The predicted molar refractivity (Wildman–Crippen MR) is 83.7 cm³/mol. The van der Waals surface area contributed by atoms with Gasteiger partial charge in [-0.1, -0.05) is 38.8 Å². The largest absolute Gasteiger partial charge is 0.390 e. The third-order valence-electron chi connectivity index (χ3n) is 8.12. The van der Waals surface area contributed by atoms with Crippen LogP contribution in [0.15, 0.2) is 12.2 Å². The number of hydrogen-bond acceptors (Lipinski definition) is 2. The highest BCUT2D eigenvalue weighted by Crippen LogP contribution is 2.66. The molecule has 3 fully saturated rings. The van der Waals surface area contributed by atoms with Gasteiger partial charge >= 0.3 is 0 Å². The van der Waals surface area contributed by atoms with Crippen LogP contribution < -0.4 is 0 Å². The van der Waals surface area contributed by atoms with Crippen molar-refractivity contribution in [3.8, 4) is 0 Å². The molecule has 118 valence electrons. The molecule has 2 unspecified atom stereocenters. The molecule has 0 spiro atoms. The van der Waals surface area contributed by atoms with E-state index in [9.17, 15) is 10.2 Å². The monoisotopic (exact) mass is 290 g/mol. The van der Waals surface area contributed by atoms with Gasteiger partial charge in [0.2, 0.25) is 0 Å². The van der Waals surface area contributed by atoms with E-state index < -0.39 is 11.7 Å². The molecule has 7 atom stereocenters. The third kappa shape index (κ3) is 1.67. The fourth-order valence-corrected chi connectivity index (χ4v) is 6.79. The zero-order chi connectivity index (χ0) is 14.9. The number of rotatable bonds is 0. The van der Waals surface area contributed by atoms with E-state index in [1.165, 1.54) is 25.7 Å². The highest BCUT2D eigenvalue weighted by Gasteiger charge is 2.64. The summed E-state index contributed by atoms with van der Waals surface area (Å²) in [5.74, 6) is 1.88. The summed E-state index contributed by atoms with van der Waals surface area (Å²) in [5.41, 5.74) is -0.551. The summed E-state index contributed by atoms with van der Waals surface area (Å²) >= 11 is 0. The first-order valence-electron chi connectivity index (χ1n) is 8.99. The molecule has 4 rings (SSSR count). The van der Waals surface area contributed by atoms with Crippen LogP contribution in [0, 0.1) is 28.6 Å². The lowest BCUT2D eigenvalue weighted by Crippen LogP contribution is -2.67. The van der Waals surface area contributed by atoms with Crippen LogP contribution >= 0.6 is 0 Å². The van der Waals surface area contributed by atoms with Gasteiger partial charge in [-0.15, -0.1) is 0 Å².